The number of rotatable bonds is 6. The van der Waals surface area contributed by atoms with E-state index in [9.17, 15) is 13.2 Å². The van der Waals surface area contributed by atoms with Crippen molar-refractivity contribution in [3.63, 3.8) is 0 Å². The Labute approximate surface area is 499 Å². The van der Waals surface area contributed by atoms with Crippen LogP contribution in [0.5, 0.6) is 0 Å². The van der Waals surface area contributed by atoms with Gasteiger partial charge in [-0.25, -0.2) is 15.0 Å². The topological polar surface area (TPSA) is 208 Å². The minimum atomic E-state index is -5.84. The Morgan fingerprint density at radius 3 is 1.16 bits per heavy atom. The number of halogens is 3. The first-order chi connectivity index (χ1) is 38.9. The molecule has 0 unspecified atom stereocenters. The third-order valence-electron chi connectivity index (χ3n) is 10.8. The van der Waals surface area contributed by atoms with Gasteiger partial charge in [0, 0.05) is 97.2 Å². The van der Waals surface area contributed by atoms with Gasteiger partial charge in [-0.1, -0.05) is 78.9 Å². The van der Waals surface area contributed by atoms with Gasteiger partial charge < -0.3 is 24.7 Å². The summed E-state index contributed by atoms with van der Waals surface area (Å²) in [6.07, 6.45) is 10.4. The molecule has 6 aromatic heterocycles. The van der Waals surface area contributed by atoms with Gasteiger partial charge in [-0.3, -0.25) is 24.1 Å². The van der Waals surface area contributed by atoms with E-state index in [0.717, 1.165) is 105 Å². The molecular formula is C61H52F3Ir2N10O5S-3. The monoisotopic (exact) mass is 1480 g/mol. The third-order valence-corrected chi connectivity index (χ3v) is 11.4. The first-order valence-corrected chi connectivity index (χ1v) is 25.5. The van der Waals surface area contributed by atoms with Gasteiger partial charge in [-0.2, -0.15) is 21.6 Å². The van der Waals surface area contributed by atoms with Crippen LogP contribution >= 0.6 is 0 Å². The Morgan fingerprint density at radius 2 is 0.780 bits per heavy atom. The predicted octanol–water partition coefficient (Wildman–Crippen LogP) is 12.1. The normalized spacial score (nSPS) is 10.2. The van der Waals surface area contributed by atoms with Crippen LogP contribution in [0.25, 0.3) is 79.0 Å². The Balaban J connectivity index is 0.000000225. The van der Waals surface area contributed by atoms with Crippen molar-refractivity contribution in [3.05, 3.63) is 255 Å². The molecule has 6 aromatic carbocycles. The molecule has 82 heavy (non-hydrogen) atoms. The second kappa shape index (κ2) is 33.4. The van der Waals surface area contributed by atoms with Crippen LogP contribution in [0.3, 0.4) is 0 Å². The number of aryl methyl sites for hydroxylation is 2. The summed E-state index contributed by atoms with van der Waals surface area (Å²) >= 11 is 0. The first kappa shape index (κ1) is 66.2. The van der Waals surface area contributed by atoms with E-state index in [1.165, 1.54) is 0 Å². The molecule has 0 aliphatic carbocycles. The molecule has 0 saturated heterocycles. The summed E-state index contributed by atoms with van der Waals surface area (Å²) in [7, 11) is -3.84. The van der Waals surface area contributed by atoms with E-state index in [1.807, 2.05) is 188 Å². The number of aromatic nitrogens is 10. The Morgan fingerprint density at radius 1 is 0.427 bits per heavy atom. The zero-order valence-electron chi connectivity index (χ0n) is 44.2. The van der Waals surface area contributed by atoms with E-state index in [4.69, 9.17) is 33.2 Å². The second-order valence-corrected chi connectivity index (χ2v) is 17.4. The molecule has 0 aliphatic heterocycles. The van der Waals surface area contributed by atoms with E-state index in [0.29, 0.717) is 0 Å². The number of aliphatic hydroxyl groups is 2. The van der Waals surface area contributed by atoms with Crippen molar-refractivity contribution in [3.8, 4) is 56.9 Å². The van der Waals surface area contributed by atoms with Crippen LogP contribution in [-0.2, 0) is 50.3 Å². The van der Waals surface area contributed by atoms with Crippen LogP contribution in [-0.4, -0.2) is 91.9 Å². The van der Waals surface area contributed by atoms with Crippen molar-refractivity contribution in [1.82, 2.24) is 49.0 Å². The summed E-state index contributed by atoms with van der Waals surface area (Å²) in [5, 5.41) is 14.0. The van der Waals surface area contributed by atoms with Gasteiger partial charge in [-0.05, 0) is 61.6 Å². The van der Waals surface area contributed by atoms with Crippen LogP contribution in [0, 0.1) is 32.0 Å². The van der Waals surface area contributed by atoms with Gasteiger partial charge in [0.2, 0.25) is 0 Å². The van der Waals surface area contributed by atoms with Gasteiger partial charge in [0.25, 0.3) is 0 Å². The number of aliphatic hydroxyl groups excluding tert-OH is 2. The smallest absolute Gasteiger partial charge is 0.400 e. The fourth-order valence-corrected chi connectivity index (χ4v) is 7.36. The van der Waals surface area contributed by atoms with E-state index in [-0.39, 0.29) is 40.2 Å². The van der Waals surface area contributed by atoms with Gasteiger partial charge in [0.05, 0.1) is 39.3 Å². The Bertz CT molecular complexity index is 3570. The van der Waals surface area contributed by atoms with Crippen LogP contribution < -0.4 is 0 Å². The largest absolute Gasteiger partial charge is 0.522 e. The summed E-state index contributed by atoms with van der Waals surface area (Å²) in [6.45, 7) is 3.92. The molecule has 21 heteroatoms. The molecule has 0 saturated carbocycles. The zero-order chi connectivity index (χ0) is 57.3. The number of para-hydroxylation sites is 4. The fraction of sp³-hybridized carbons (Fsp3) is 0.0820. The summed E-state index contributed by atoms with van der Waals surface area (Å²) < 4.78 is 61.7. The predicted molar refractivity (Wildman–Crippen MR) is 303 cm³/mol. The molecule has 12 rings (SSSR count). The molecule has 424 valence electrons. The molecule has 6 heterocycles. The maximum atomic E-state index is 10.7. The van der Waals surface area contributed by atoms with Crippen molar-refractivity contribution >= 4 is 32.2 Å². The van der Waals surface area contributed by atoms with E-state index in [2.05, 4.69) is 70.9 Å². The Hall–Kier alpha value is -8.36. The third kappa shape index (κ3) is 18.1. The number of nitrogens with zero attached hydrogens (tertiary/aromatic N) is 10. The van der Waals surface area contributed by atoms with Gasteiger partial charge in [0.1, 0.15) is 5.82 Å². The second-order valence-electron chi connectivity index (χ2n) is 16.0. The maximum absolute atomic E-state index is 10.7. The number of hydrogen-bond donors (Lipinski definition) is 3. The van der Waals surface area contributed by atoms with Gasteiger partial charge in [0.15, 0.2) is 11.6 Å². The average molecular weight is 1480 g/mol. The fourth-order valence-electron chi connectivity index (χ4n) is 7.36. The number of pyridine rings is 2. The summed E-state index contributed by atoms with van der Waals surface area (Å²) in [6, 6.07) is 71.0. The standard InChI is InChI=1S/C18H14N4.C18H13N4.2C11H8N.CHF3O3S.2CH4O.2Ir/c2*1-13-17(20-12-11-19-13)22-16-10-6-5-9-15(16)21-18(22)14-7-3-2-4-8-14;2*1-2-6-10(7-3-1)11-8-4-5-9-12-11;2-1(3,4)8(5,6)7;2*1-2;;/h2-12H,1H3;2-7,9-12H,1H3;2*1-6,8-9H;(H,5,6,7);2*2H,1H3;;/q;3*-1;;;;;. The molecule has 0 spiro atoms. The number of imidazole rings is 2. The van der Waals surface area contributed by atoms with Crippen molar-refractivity contribution in [2.45, 2.75) is 19.4 Å². The van der Waals surface area contributed by atoms with Crippen molar-refractivity contribution in [2.24, 2.45) is 0 Å². The molecule has 0 atom stereocenters. The number of alkyl halides is 3. The van der Waals surface area contributed by atoms with Crippen LogP contribution in [0.15, 0.2) is 225 Å². The van der Waals surface area contributed by atoms with E-state index in [1.54, 1.807) is 37.2 Å². The quantitative estimate of drug-likeness (QED) is 0.0805. The van der Waals surface area contributed by atoms with Crippen molar-refractivity contribution in [1.29, 1.82) is 0 Å². The van der Waals surface area contributed by atoms with Crippen molar-refractivity contribution < 1.29 is 76.6 Å². The summed E-state index contributed by atoms with van der Waals surface area (Å²) in [5.74, 6) is 3.31. The van der Waals surface area contributed by atoms with Crippen molar-refractivity contribution in [2.75, 3.05) is 14.2 Å². The summed E-state index contributed by atoms with van der Waals surface area (Å²) in [5.41, 5.74) is 6.15. The van der Waals surface area contributed by atoms with Crippen LogP contribution in [0.1, 0.15) is 11.4 Å². The molecule has 0 bridgehead atoms. The number of hydrogen-bond acceptors (Lipinski definition) is 12. The van der Waals surface area contributed by atoms with Gasteiger partial charge >= 0.3 is 15.6 Å². The molecular weight excluding hydrogens is 1430 g/mol. The van der Waals surface area contributed by atoms with E-state index >= 15 is 0 Å². The minimum Gasteiger partial charge on any atom is -0.400 e. The van der Waals surface area contributed by atoms with Crippen LogP contribution in [0.2, 0.25) is 0 Å². The minimum absolute atomic E-state index is 0. The van der Waals surface area contributed by atoms with Crippen LogP contribution in [0.4, 0.5) is 13.2 Å². The SMILES string of the molecule is CO.CO.Cc1nccnc1-n1c(-c2[c-]cccc2)nc2ccccc21.Cc1nccnc1-n1c(-c2ccccc2)nc2ccccc21.O=S(=O)(O)C(F)(F)F.[Ir].[Ir].[c-]1ccccc1-c1ccccn1.[c-]1ccccc1-c1ccccn1. The maximum Gasteiger partial charge on any atom is 0.522 e. The van der Waals surface area contributed by atoms with E-state index < -0.39 is 15.6 Å². The molecule has 0 aliphatic rings. The first-order valence-electron chi connectivity index (χ1n) is 24.1. The molecule has 0 amide bonds. The summed E-state index contributed by atoms with van der Waals surface area (Å²) in [4.78, 5) is 35.7. The molecule has 12 aromatic rings. The molecule has 2 radical (unpaired) electrons. The molecule has 3 N–H and O–H groups in total. The number of benzene rings is 6. The molecule has 15 nitrogen and oxygen atoms in total. The van der Waals surface area contributed by atoms with Gasteiger partial charge in [-0.15, -0.1) is 108 Å². The average Bonchev–Trinajstić information content (AvgIpc) is 4.29. The number of fused-ring (bicyclic) bond motifs is 2. The Kier molecular flexibility index (Phi) is 26.9. The molecule has 0 fully saturated rings. The zero-order valence-corrected chi connectivity index (χ0v) is 49.8.